The number of nitrogens with one attached hydrogen (secondary N) is 1. The average molecular weight is 193 g/mol. The molecule has 0 radical (unpaired) electrons. The summed E-state index contributed by atoms with van der Waals surface area (Å²) in [5.41, 5.74) is 2.39. The second-order valence-corrected chi connectivity index (χ2v) is 4.34. The topological polar surface area (TPSA) is 12.0 Å². The molecule has 1 atom stereocenters. The van der Waals surface area contributed by atoms with E-state index in [2.05, 4.69) is 19.2 Å². The van der Waals surface area contributed by atoms with Crippen molar-refractivity contribution in [3.05, 3.63) is 29.6 Å². The van der Waals surface area contributed by atoms with Crippen molar-refractivity contribution in [2.24, 2.45) is 0 Å². The number of rotatable bonds is 1. The highest BCUT2D eigenvalue weighted by molar-refractivity contribution is 5.55. The van der Waals surface area contributed by atoms with E-state index in [9.17, 15) is 4.39 Å². The molecule has 1 aliphatic heterocycles. The molecule has 14 heavy (non-hydrogen) atoms. The summed E-state index contributed by atoms with van der Waals surface area (Å²) in [5.74, 6) is -0.134. The first kappa shape index (κ1) is 9.50. The number of hydrogen-bond donors (Lipinski definition) is 1. The second kappa shape index (κ2) is 3.26. The van der Waals surface area contributed by atoms with E-state index in [1.165, 1.54) is 6.07 Å². The zero-order valence-electron chi connectivity index (χ0n) is 8.73. The molecule has 0 bridgehead atoms. The third-order valence-corrected chi connectivity index (χ3v) is 3.23. The molecule has 0 saturated carbocycles. The van der Waals surface area contributed by atoms with Crippen molar-refractivity contribution >= 4 is 5.69 Å². The van der Waals surface area contributed by atoms with Crippen molar-refractivity contribution in [1.82, 2.24) is 0 Å². The smallest absolute Gasteiger partial charge is 0.123 e. The minimum absolute atomic E-state index is 0.134. The Bertz CT molecular complexity index is 348. The van der Waals surface area contributed by atoms with Crippen molar-refractivity contribution in [2.75, 3.05) is 5.32 Å². The summed E-state index contributed by atoms with van der Waals surface area (Å²) in [4.78, 5) is 0. The zero-order chi connectivity index (χ0) is 10.2. The first-order chi connectivity index (χ1) is 6.63. The minimum Gasteiger partial charge on any atom is -0.380 e. The molecular formula is C12H16FN. The monoisotopic (exact) mass is 193 g/mol. The summed E-state index contributed by atoms with van der Waals surface area (Å²) in [5, 5.41) is 3.48. The van der Waals surface area contributed by atoms with Crippen LogP contribution in [0.5, 0.6) is 0 Å². The van der Waals surface area contributed by atoms with E-state index in [1.807, 2.05) is 6.07 Å². The Kier molecular flexibility index (Phi) is 2.22. The fraction of sp³-hybridized carbons (Fsp3) is 0.500. The Hall–Kier alpha value is -1.05. The number of aryl methyl sites for hydroxylation is 1. The number of hydrogen-bond acceptors (Lipinski definition) is 1. The molecule has 1 N–H and O–H groups in total. The molecule has 1 unspecified atom stereocenters. The van der Waals surface area contributed by atoms with Crippen molar-refractivity contribution in [3.8, 4) is 0 Å². The molecule has 1 aromatic rings. The quantitative estimate of drug-likeness (QED) is 0.721. The lowest BCUT2D eigenvalue weighted by molar-refractivity contribution is 0.443. The maximum atomic E-state index is 12.9. The SMILES string of the molecule is CCC1(C)CCc2cc(F)ccc2N1. The highest BCUT2D eigenvalue weighted by Gasteiger charge is 2.26. The molecule has 0 spiro atoms. The van der Waals surface area contributed by atoms with Gasteiger partial charge in [0, 0.05) is 11.2 Å². The predicted octanol–water partition coefficient (Wildman–Crippen LogP) is 3.35. The van der Waals surface area contributed by atoms with Gasteiger partial charge >= 0.3 is 0 Å². The summed E-state index contributed by atoms with van der Waals surface area (Å²) >= 11 is 0. The Labute approximate surface area is 84.3 Å². The Balaban J connectivity index is 2.31. The van der Waals surface area contributed by atoms with Gasteiger partial charge in [-0.05, 0) is 49.9 Å². The van der Waals surface area contributed by atoms with Crippen LogP contribution in [0.4, 0.5) is 10.1 Å². The predicted molar refractivity (Wildman–Crippen MR) is 57.0 cm³/mol. The van der Waals surface area contributed by atoms with Crippen molar-refractivity contribution in [2.45, 2.75) is 38.6 Å². The fourth-order valence-electron chi connectivity index (χ4n) is 1.95. The number of benzene rings is 1. The van der Waals surface area contributed by atoms with Crippen LogP contribution < -0.4 is 5.32 Å². The summed E-state index contributed by atoms with van der Waals surface area (Å²) < 4.78 is 12.9. The molecule has 1 aliphatic rings. The first-order valence-electron chi connectivity index (χ1n) is 5.19. The van der Waals surface area contributed by atoms with E-state index in [4.69, 9.17) is 0 Å². The van der Waals surface area contributed by atoms with Crippen LogP contribution in [0, 0.1) is 5.82 Å². The van der Waals surface area contributed by atoms with Gasteiger partial charge in [0.2, 0.25) is 0 Å². The highest BCUT2D eigenvalue weighted by Crippen LogP contribution is 2.32. The van der Waals surface area contributed by atoms with Crippen molar-refractivity contribution in [1.29, 1.82) is 0 Å². The van der Waals surface area contributed by atoms with Crippen LogP contribution in [-0.4, -0.2) is 5.54 Å². The number of halogens is 1. The fourth-order valence-corrected chi connectivity index (χ4v) is 1.95. The molecule has 0 aliphatic carbocycles. The van der Waals surface area contributed by atoms with Gasteiger partial charge in [0.1, 0.15) is 5.82 Å². The van der Waals surface area contributed by atoms with Crippen LogP contribution in [0.1, 0.15) is 32.3 Å². The Morgan fingerprint density at radius 3 is 3.00 bits per heavy atom. The molecule has 0 amide bonds. The van der Waals surface area contributed by atoms with Gasteiger partial charge in [0.15, 0.2) is 0 Å². The van der Waals surface area contributed by atoms with Crippen LogP contribution in [0.2, 0.25) is 0 Å². The van der Waals surface area contributed by atoms with Gasteiger partial charge in [-0.25, -0.2) is 4.39 Å². The molecule has 1 heterocycles. The summed E-state index contributed by atoms with van der Waals surface area (Å²) in [6, 6.07) is 5.00. The molecule has 0 saturated heterocycles. The zero-order valence-corrected chi connectivity index (χ0v) is 8.73. The second-order valence-electron chi connectivity index (χ2n) is 4.34. The van der Waals surface area contributed by atoms with E-state index < -0.39 is 0 Å². The van der Waals surface area contributed by atoms with Crippen LogP contribution in [0.3, 0.4) is 0 Å². The van der Waals surface area contributed by atoms with Crippen LogP contribution in [-0.2, 0) is 6.42 Å². The van der Waals surface area contributed by atoms with E-state index in [1.54, 1.807) is 6.07 Å². The van der Waals surface area contributed by atoms with Gasteiger partial charge in [0.25, 0.3) is 0 Å². The number of fused-ring (bicyclic) bond motifs is 1. The Morgan fingerprint density at radius 1 is 1.50 bits per heavy atom. The normalized spacial score (nSPS) is 25.4. The van der Waals surface area contributed by atoms with E-state index >= 15 is 0 Å². The van der Waals surface area contributed by atoms with Gasteiger partial charge in [-0.2, -0.15) is 0 Å². The largest absolute Gasteiger partial charge is 0.380 e. The van der Waals surface area contributed by atoms with Gasteiger partial charge in [-0.1, -0.05) is 6.92 Å². The maximum absolute atomic E-state index is 12.9. The van der Waals surface area contributed by atoms with Crippen LogP contribution in [0.25, 0.3) is 0 Å². The van der Waals surface area contributed by atoms with Crippen LogP contribution in [0.15, 0.2) is 18.2 Å². The summed E-state index contributed by atoms with van der Waals surface area (Å²) in [6.45, 7) is 4.40. The Morgan fingerprint density at radius 2 is 2.29 bits per heavy atom. The average Bonchev–Trinajstić information content (AvgIpc) is 2.19. The van der Waals surface area contributed by atoms with Gasteiger partial charge < -0.3 is 5.32 Å². The molecule has 0 fully saturated rings. The molecule has 1 nitrogen and oxygen atoms in total. The molecule has 2 heteroatoms. The van der Waals surface area contributed by atoms with Gasteiger partial charge in [0.05, 0.1) is 0 Å². The maximum Gasteiger partial charge on any atom is 0.123 e. The van der Waals surface area contributed by atoms with E-state index in [-0.39, 0.29) is 11.4 Å². The third-order valence-electron chi connectivity index (χ3n) is 3.23. The lowest BCUT2D eigenvalue weighted by atomic mass is 9.86. The first-order valence-corrected chi connectivity index (χ1v) is 5.19. The summed E-state index contributed by atoms with van der Waals surface area (Å²) in [6.07, 6.45) is 3.16. The molecule has 0 aromatic heterocycles. The number of anilines is 1. The molecule has 2 rings (SSSR count). The van der Waals surface area contributed by atoms with Crippen molar-refractivity contribution in [3.63, 3.8) is 0 Å². The molecule has 76 valence electrons. The lowest BCUT2D eigenvalue weighted by Gasteiger charge is -2.36. The third kappa shape index (κ3) is 1.61. The van der Waals surface area contributed by atoms with Gasteiger partial charge in [-0.15, -0.1) is 0 Å². The van der Waals surface area contributed by atoms with Gasteiger partial charge in [-0.3, -0.25) is 0 Å². The van der Waals surface area contributed by atoms with E-state index in [0.29, 0.717) is 0 Å². The van der Waals surface area contributed by atoms with Crippen LogP contribution >= 0.6 is 0 Å². The lowest BCUT2D eigenvalue weighted by Crippen LogP contribution is -2.37. The molecule has 1 aromatic carbocycles. The van der Waals surface area contributed by atoms with E-state index in [0.717, 1.165) is 30.5 Å². The highest BCUT2D eigenvalue weighted by atomic mass is 19.1. The standard InChI is InChI=1S/C12H16FN/c1-3-12(2)7-6-9-8-10(13)4-5-11(9)14-12/h4-5,8,14H,3,6-7H2,1-2H3. The summed E-state index contributed by atoms with van der Waals surface area (Å²) in [7, 11) is 0. The van der Waals surface area contributed by atoms with Crippen molar-refractivity contribution < 1.29 is 4.39 Å². The molecular weight excluding hydrogens is 177 g/mol. The minimum atomic E-state index is -0.134.